The monoisotopic (exact) mass is 294 g/mol. The molecule has 118 valence electrons. The maximum Gasteiger partial charge on any atom is 0.241 e. The molecule has 0 spiro atoms. The van der Waals surface area contributed by atoms with Crippen LogP contribution < -0.4 is 10.6 Å². The lowest BCUT2D eigenvalue weighted by Crippen LogP contribution is -2.42. The van der Waals surface area contributed by atoms with E-state index in [1.165, 1.54) is 0 Å². The summed E-state index contributed by atoms with van der Waals surface area (Å²) in [7, 11) is 5.38. The molecular weight excluding hydrogens is 268 g/mol. The van der Waals surface area contributed by atoms with Crippen molar-refractivity contribution >= 4 is 11.9 Å². The van der Waals surface area contributed by atoms with Gasteiger partial charge in [-0.1, -0.05) is 6.92 Å². The first-order valence-electron chi connectivity index (χ1n) is 7.21. The normalized spacial score (nSPS) is 11.4. The minimum atomic E-state index is 0.0104. The van der Waals surface area contributed by atoms with Crippen molar-refractivity contribution in [2.75, 3.05) is 27.2 Å². The molecule has 1 heterocycles. The molecule has 0 saturated carbocycles. The number of rotatable bonds is 6. The van der Waals surface area contributed by atoms with Gasteiger partial charge in [-0.2, -0.15) is 5.10 Å². The molecule has 0 aromatic carbocycles. The topological polar surface area (TPSA) is 74.5 Å². The summed E-state index contributed by atoms with van der Waals surface area (Å²) in [5.41, 5.74) is 2.16. The Morgan fingerprint density at radius 1 is 1.38 bits per heavy atom. The summed E-state index contributed by atoms with van der Waals surface area (Å²) in [6, 6.07) is 0. The van der Waals surface area contributed by atoms with E-state index in [9.17, 15) is 4.79 Å². The van der Waals surface area contributed by atoms with Crippen molar-refractivity contribution in [1.82, 2.24) is 25.3 Å². The second kappa shape index (κ2) is 8.28. The van der Waals surface area contributed by atoms with Crippen molar-refractivity contribution in [2.45, 2.75) is 26.8 Å². The molecular formula is C14H26N6O. The van der Waals surface area contributed by atoms with Crippen molar-refractivity contribution in [3.8, 4) is 0 Å². The number of carbonyl (C=O) groups excluding carboxylic acids is 1. The molecule has 0 bridgehead atoms. The van der Waals surface area contributed by atoms with Gasteiger partial charge in [-0.15, -0.1) is 0 Å². The van der Waals surface area contributed by atoms with Crippen LogP contribution in [0.15, 0.2) is 11.2 Å². The van der Waals surface area contributed by atoms with Crippen molar-refractivity contribution in [1.29, 1.82) is 0 Å². The van der Waals surface area contributed by atoms with Gasteiger partial charge in [0.1, 0.15) is 0 Å². The predicted molar refractivity (Wildman–Crippen MR) is 84.1 cm³/mol. The molecule has 0 aliphatic heterocycles. The lowest BCUT2D eigenvalue weighted by molar-refractivity contribution is -0.127. The molecule has 7 nitrogen and oxygen atoms in total. The number of hydrogen-bond acceptors (Lipinski definition) is 3. The van der Waals surface area contributed by atoms with Crippen LogP contribution in [0.2, 0.25) is 0 Å². The molecule has 1 aromatic rings. The summed E-state index contributed by atoms with van der Waals surface area (Å²) in [4.78, 5) is 17.7. The molecule has 0 fully saturated rings. The first kappa shape index (κ1) is 17.0. The van der Waals surface area contributed by atoms with Crippen molar-refractivity contribution < 1.29 is 4.79 Å². The molecule has 7 heteroatoms. The Morgan fingerprint density at radius 2 is 2.10 bits per heavy atom. The smallest absolute Gasteiger partial charge is 0.241 e. The van der Waals surface area contributed by atoms with Gasteiger partial charge in [-0.25, -0.2) is 4.99 Å². The predicted octanol–water partition coefficient (Wildman–Crippen LogP) is 0.126. The van der Waals surface area contributed by atoms with E-state index in [1.54, 1.807) is 23.7 Å². The highest BCUT2D eigenvalue weighted by molar-refractivity contribution is 5.86. The van der Waals surface area contributed by atoms with Crippen LogP contribution in [0.25, 0.3) is 0 Å². The standard InChI is InChI=1S/C14H26N6O/c1-6-12-11(10-20(5)18-12)8-16-14(15-7-2)17-9-13(21)19(3)4/h10H,6-9H2,1-5H3,(H2,15,16,17). The summed E-state index contributed by atoms with van der Waals surface area (Å²) >= 11 is 0. The van der Waals surface area contributed by atoms with Crippen LogP contribution >= 0.6 is 0 Å². The van der Waals surface area contributed by atoms with Crippen LogP contribution in [0.4, 0.5) is 0 Å². The van der Waals surface area contributed by atoms with E-state index in [0.717, 1.165) is 24.2 Å². The van der Waals surface area contributed by atoms with Gasteiger partial charge in [-0.3, -0.25) is 9.48 Å². The Balaban J connectivity index is 2.68. The maximum absolute atomic E-state index is 11.6. The van der Waals surface area contributed by atoms with Gasteiger partial charge in [0.2, 0.25) is 5.91 Å². The van der Waals surface area contributed by atoms with Gasteiger partial charge in [0.15, 0.2) is 5.96 Å². The van der Waals surface area contributed by atoms with E-state index in [0.29, 0.717) is 12.5 Å². The first-order valence-corrected chi connectivity index (χ1v) is 7.21. The molecule has 0 aliphatic carbocycles. The number of carbonyl (C=O) groups is 1. The summed E-state index contributed by atoms with van der Waals surface area (Å²) in [6.45, 7) is 5.59. The molecule has 1 rings (SSSR count). The molecule has 0 aliphatic rings. The molecule has 1 aromatic heterocycles. The lowest BCUT2D eigenvalue weighted by Gasteiger charge is -2.14. The highest BCUT2D eigenvalue weighted by Gasteiger charge is 2.07. The number of hydrogen-bond donors (Lipinski definition) is 2. The average molecular weight is 294 g/mol. The Morgan fingerprint density at radius 3 is 2.67 bits per heavy atom. The number of amides is 1. The van der Waals surface area contributed by atoms with E-state index in [4.69, 9.17) is 0 Å². The molecule has 0 atom stereocenters. The number of nitrogens with zero attached hydrogens (tertiary/aromatic N) is 4. The van der Waals surface area contributed by atoms with Gasteiger partial charge in [0, 0.05) is 39.4 Å². The molecule has 0 radical (unpaired) electrons. The fourth-order valence-electron chi connectivity index (χ4n) is 1.84. The third-order valence-corrected chi connectivity index (χ3v) is 2.98. The molecule has 0 saturated heterocycles. The third-order valence-electron chi connectivity index (χ3n) is 2.98. The van der Waals surface area contributed by atoms with E-state index in [1.807, 2.05) is 20.2 Å². The van der Waals surface area contributed by atoms with E-state index in [-0.39, 0.29) is 12.5 Å². The molecule has 21 heavy (non-hydrogen) atoms. The Bertz CT molecular complexity index is 492. The highest BCUT2D eigenvalue weighted by atomic mass is 16.2. The van der Waals surface area contributed by atoms with Crippen LogP contribution in [0, 0.1) is 0 Å². The quantitative estimate of drug-likeness (QED) is 0.577. The Hall–Kier alpha value is -2.05. The van der Waals surface area contributed by atoms with Gasteiger partial charge < -0.3 is 15.5 Å². The van der Waals surface area contributed by atoms with Crippen LogP contribution in [0.3, 0.4) is 0 Å². The third kappa shape index (κ3) is 5.45. The number of nitrogens with one attached hydrogen (secondary N) is 2. The summed E-state index contributed by atoms with van der Waals surface area (Å²) < 4.78 is 1.81. The summed E-state index contributed by atoms with van der Waals surface area (Å²) in [6.07, 6.45) is 2.87. The fourth-order valence-corrected chi connectivity index (χ4v) is 1.84. The highest BCUT2D eigenvalue weighted by Crippen LogP contribution is 2.08. The maximum atomic E-state index is 11.6. The van der Waals surface area contributed by atoms with E-state index >= 15 is 0 Å². The van der Waals surface area contributed by atoms with Crippen LogP contribution in [-0.2, 0) is 24.8 Å². The summed E-state index contributed by atoms with van der Waals surface area (Å²) in [5, 5.41) is 10.6. The molecule has 1 amide bonds. The van der Waals surface area contributed by atoms with Crippen molar-refractivity contribution in [2.24, 2.45) is 12.0 Å². The number of aromatic nitrogens is 2. The van der Waals surface area contributed by atoms with E-state index in [2.05, 4.69) is 27.6 Å². The fraction of sp³-hybridized carbons (Fsp3) is 0.643. The average Bonchev–Trinajstić information content (AvgIpc) is 2.81. The zero-order chi connectivity index (χ0) is 15.8. The van der Waals surface area contributed by atoms with Gasteiger partial charge in [0.05, 0.1) is 18.8 Å². The SMILES string of the molecule is CCNC(=NCc1cn(C)nc1CC)NCC(=O)N(C)C. The van der Waals surface area contributed by atoms with Gasteiger partial charge in [0.25, 0.3) is 0 Å². The Labute approximate surface area is 126 Å². The van der Waals surface area contributed by atoms with Crippen LogP contribution in [0.1, 0.15) is 25.1 Å². The number of guanidine groups is 1. The first-order chi connectivity index (χ1) is 9.97. The second-order valence-electron chi connectivity index (χ2n) is 4.97. The zero-order valence-electron chi connectivity index (χ0n) is 13.6. The molecule has 0 unspecified atom stereocenters. The van der Waals surface area contributed by atoms with Crippen molar-refractivity contribution in [3.63, 3.8) is 0 Å². The number of aryl methyl sites for hydroxylation is 2. The Kier molecular flexibility index (Phi) is 6.71. The van der Waals surface area contributed by atoms with Crippen LogP contribution in [0.5, 0.6) is 0 Å². The summed E-state index contributed by atoms with van der Waals surface area (Å²) in [5.74, 6) is 0.648. The number of aliphatic imine (C=N–C) groups is 1. The lowest BCUT2D eigenvalue weighted by atomic mass is 10.2. The van der Waals surface area contributed by atoms with Crippen LogP contribution in [-0.4, -0.2) is 53.7 Å². The minimum absolute atomic E-state index is 0.0104. The zero-order valence-corrected chi connectivity index (χ0v) is 13.6. The van der Waals surface area contributed by atoms with Gasteiger partial charge in [-0.05, 0) is 13.3 Å². The van der Waals surface area contributed by atoms with Crippen molar-refractivity contribution in [3.05, 3.63) is 17.5 Å². The second-order valence-corrected chi connectivity index (χ2v) is 4.97. The molecule has 2 N–H and O–H groups in total. The van der Waals surface area contributed by atoms with E-state index < -0.39 is 0 Å². The van der Waals surface area contributed by atoms with Gasteiger partial charge >= 0.3 is 0 Å². The largest absolute Gasteiger partial charge is 0.357 e. The minimum Gasteiger partial charge on any atom is -0.357 e. The number of likely N-dealkylation sites (N-methyl/N-ethyl adjacent to an activating group) is 1.